The molecule has 2 fully saturated rings. The van der Waals surface area contributed by atoms with Gasteiger partial charge in [0.1, 0.15) is 0 Å². The highest BCUT2D eigenvalue weighted by Gasteiger charge is 2.32. The van der Waals surface area contributed by atoms with Crippen molar-refractivity contribution in [3.8, 4) is 0 Å². The van der Waals surface area contributed by atoms with E-state index in [4.69, 9.17) is 5.73 Å². The molecule has 2 N–H and O–H groups in total. The van der Waals surface area contributed by atoms with Gasteiger partial charge >= 0.3 is 0 Å². The minimum Gasteiger partial charge on any atom is -0.399 e. The Kier molecular flexibility index (Phi) is 4.27. The van der Waals surface area contributed by atoms with E-state index in [1.54, 1.807) is 16.4 Å². The summed E-state index contributed by atoms with van der Waals surface area (Å²) in [6, 6.07) is 4.90. The van der Waals surface area contributed by atoms with Gasteiger partial charge in [0.2, 0.25) is 10.0 Å². The molecule has 116 valence electrons. The van der Waals surface area contributed by atoms with Crippen molar-refractivity contribution in [3.05, 3.63) is 22.7 Å². The van der Waals surface area contributed by atoms with E-state index >= 15 is 0 Å². The molecule has 0 atom stereocenters. The number of rotatable bonds is 4. The fraction of sp³-hybridized carbons (Fsp3) is 0.571. The minimum atomic E-state index is -3.47. The number of benzene rings is 1. The van der Waals surface area contributed by atoms with Gasteiger partial charge in [0.25, 0.3) is 0 Å². The first-order valence-electron chi connectivity index (χ1n) is 7.24. The molecule has 0 spiro atoms. The van der Waals surface area contributed by atoms with Gasteiger partial charge in [0.15, 0.2) is 0 Å². The Hall–Kier alpha value is -0.630. The molecular weight excluding hydrogens is 354 g/mol. The van der Waals surface area contributed by atoms with Crippen LogP contribution < -0.4 is 5.73 Å². The number of hydrogen-bond donors (Lipinski definition) is 1. The Morgan fingerprint density at radius 1 is 1.19 bits per heavy atom. The van der Waals surface area contributed by atoms with E-state index in [9.17, 15) is 8.42 Å². The number of nitrogens with two attached hydrogens (primary N) is 1. The molecule has 1 saturated carbocycles. The third-order valence-electron chi connectivity index (χ3n) is 4.12. The quantitative estimate of drug-likeness (QED) is 0.816. The van der Waals surface area contributed by atoms with Gasteiger partial charge in [-0.15, -0.1) is 0 Å². The molecule has 1 aliphatic carbocycles. The normalized spacial score (nSPS) is 21.6. The molecule has 2 aliphatic rings. The van der Waals surface area contributed by atoms with Gasteiger partial charge in [-0.1, -0.05) is 0 Å². The highest BCUT2D eigenvalue weighted by atomic mass is 79.9. The predicted molar refractivity (Wildman–Crippen MR) is 86.5 cm³/mol. The van der Waals surface area contributed by atoms with E-state index in [2.05, 4.69) is 20.8 Å². The molecular formula is C14H20BrN3O2S. The second kappa shape index (κ2) is 5.87. The van der Waals surface area contributed by atoms with E-state index in [1.165, 1.54) is 18.9 Å². The van der Waals surface area contributed by atoms with Crippen molar-refractivity contribution >= 4 is 31.6 Å². The van der Waals surface area contributed by atoms with Crippen molar-refractivity contribution in [2.75, 3.05) is 38.5 Å². The van der Waals surface area contributed by atoms with Crippen LogP contribution in [-0.2, 0) is 10.0 Å². The molecule has 1 heterocycles. The zero-order valence-corrected chi connectivity index (χ0v) is 14.2. The molecule has 1 aromatic carbocycles. The lowest BCUT2D eigenvalue weighted by molar-refractivity contribution is 0.182. The highest BCUT2D eigenvalue weighted by molar-refractivity contribution is 9.10. The van der Waals surface area contributed by atoms with Crippen LogP contribution in [0.15, 0.2) is 27.6 Å². The van der Waals surface area contributed by atoms with Crippen molar-refractivity contribution in [2.24, 2.45) is 5.92 Å². The standard InChI is InChI=1S/C14H20BrN3O2S/c15-13-4-3-12(16)9-14(13)21(19,20)18-7-5-17(6-8-18)10-11-1-2-11/h3-4,9,11H,1-2,5-8,10,16H2. The van der Waals surface area contributed by atoms with Crippen LogP contribution >= 0.6 is 15.9 Å². The highest BCUT2D eigenvalue weighted by Crippen LogP contribution is 2.31. The largest absolute Gasteiger partial charge is 0.399 e. The van der Waals surface area contributed by atoms with Gasteiger partial charge in [0, 0.05) is 42.9 Å². The SMILES string of the molecule is Nc1ccc(Br)c(S(=O)(=O)N2CCN(CC3CC3)CC2)c1. The number of halogens is 1. The van der Waals surface area contributed by atoms with E-state index in [1.807, 2.05) is 0 Å². The van der Waals surface area contributed by atoms with Gasteiger partial charge in [-0.2, -0.15) is 4.31 Å². The molecule has 3 rings (SSSR count). The van der Waals surface area contributed by atoms with Crippen molar-refractivity contribution in [1.82, 2.24) is 9.21 Å². The molecule has 7 heteroatoms. The van der Waals surface area contributed by atoms with E-state index in [0.29, 0.717) is 23.2 Å². The Morgan fingerprint density at radius 3 is 2.48 bits per heavy atom. The van der Waals surface area contributed by atoms with E-state index in [0.717, 1.165) is 25.6 Å². The summed E-state index contributed by atoms with van der Waals surface area (Å²) in [5.74, 6) is 0.844. The van der Waals surface area contributed by atoms with Gasteiger partial charge in [0.05, 0.1) is 4.90 Å². The van der Waals surface area contributed by atoms with E-state index in [-0.39, 0.29) is 4.90 Å². The zero-order chi connectivity index (χ0) is 15.0. The number of hydrogen-bond acceptors (Lipinski definition) is 4. The fourth-order valence-corrected chi connectivity index (χ4v) is 5.06. The topological polar surface area (TPSA) is 66.6 Å². The van der Waals surface area contributed by atoms with Gasteiger partial charge < -0.3 is 10.6 Å². The first-order chi connectivity index (χ1) is 9.96. The summed E-state index contributed by atoms with van der Waals surface area (Å²) in [7, 11) is -3.47. The van der Waals surface area contributed by atoms with Crippen LogP contribution in [0.3, 0.4) is 0 Å². The molecule has 0 aromatic heterocycles. The molecule has 0 unspecified atom stereocenters. The van der Waals surface area contributed by atoms with Crippen LogP contribution in [0.4, 0.5) is 5.69 Å². The van der Waals surface area contributed by atoms with Crippen LogP contribution in [0.1, 0.15) is 12.8 Å². The average Bonchev–Trinajstić information content (AvgIpc) is 3.26. The molecule has 1 aromatic rings. The summed E-state index contributed by atoms with van der Waals surface area (Å²) < 4.78 is 27.6. The summed E-state index contributed by atoms with van der Waals surface area (Å²) in [5, 5.41) is 0. The summed E-state index contributed by atoms with van der Waals surface area (Å²) >= 11 is 3.31. The Bertz CT molecular complexity index is 623. The second-order valence-electron chi connectivity index (χ2n) is 5.84. The van der Waals surface area contributed by atoms with Crippen molar-refractivity contribution in [2.45, 2.75) is 17.7 Å². The number of sulfonamides is 1. The van der Waals surface area contributed by atoms with Crippen LogP contribution in [0.2, 0.25) is 0 Å². The lowest BCUT2D eigenvalue weighted by Crippen LogP contribution is -2.49. The monoisotopic (exact) mass is 373 g/mol. The van der Waals surface area contributed by atoms with Gasteiger partial charge in [-0.05, 0) is 52.9 Å². The maximum atomic E-state index is 12.7. The van der Waals surface area contributed by atoms with E-state index < -0.39 is 10.0 Å². The van der Waals surface area contributed by atoms with Crippen LogP contribution in [0.25, 0.3) is 0 Å². The molecule has 5 nitrogen and oxygen atoms in total. The van der Waals surface area contributed by atoms with Crippen molar-refractivity contribution in [3.63, 3.8) is 0 Å². The maximum Gasteiger partial charge on any atom is 0.244 e. The fourth-order valence-electron chi connectivity index (χ4n) is 2.67. The summed E-state index contributed by atoms with van der Waals surface area (Å²) in [4.78, 5) is 2.64. The van der Waals surface area contributed by atoms with Crippen molar-refractivity contribution < 1.29 is 8.42 Å². The summed E-state index contributed by atoms with van der Waals surface area (Å²) in [5.41, 5.74) is 6.19. The second-order valence-corrected chi connectivity index (χ2v) is 8.60. The predicted octanol–water partition coefficient (Wildman–Crippen LogP) is 1.75. The molecule has 1 saturated heterocycles. The lowest BCUT2D eigenvalue weighted by Gasteiger charge is -2.34. The zero-order valence-electron chi connectivity index (χ0n) is 11.8. The molecule has 0 bridgehead atoms. The first kappa shape index (κ1) is 15.3. The number of anilines is 1. The molecule has 21 heavy (non-hydrogen) atoms. The van der Waals surface area contributed by atoms with Crippen LogP contribution in [0, 0.1) is 5.92 Å². The summed E-state index contributed by atoms with van der Waals surface area (Å²) in [6.07, 6.45) is 2.66. The Labute approximate surface area is 134 Å². The van der Waals surface area contributed by atoms with Crippen LogP contribution in [-0.4, -0.2) is 50.3 Å². The first-order valence-corrected chi connectivity index (χ1v) is 9.47. The summed E-state index contributed by atoms with van der Waals surface area (Å²) in [6.45, 7) is 3.85. The Morgan fingerprint density at radius 2 is 1.86 bits per heavy atom. The number of nitrogens with zero attached hydrogens (tertiary/aromatic N) is 2. The molecule has 0 radical (unpaired) electrons. The number of nitrogen functional groups attached to an aromatic ring is 1. The molecule has 1 aliphatic heterocycles. The third kappa shape index (κ3) is 3.41. The van der Waals surface area contributed by atoms with Gasteiger partial charge in [-0.25, -0.2) is 8.42 Å². The number of piperazine rings is 1. The third-order valence-corrected chi connectivity index (χ3v) is 7.01. The van der Waals surface area contributed by atoms with Crippen LogP contribution in [0.5, 0.6) is 0 Å². The lowest BCUT2D eigenvalue weighted by atomic mass is 10.3. The minimum absolute atomic E-state index is 0.262. The maximum absolute atomic E-state index is 12.7. The Balaban J connectivity index is 1.72. The smallest absolute Gasteiger partial charge is 0.244 e. The van der Waals surface area contributed by atoms with Crippen molar-refractivity contribution in [1.29, 1.82) is 0 Å². The molecule has 0 amide bonds. The average molecular weight is 374 g/mol. The van der Waals surface area contributed by atoms with Gasteiger partial charge in [-0.3, -0.25) is 0 Å².